The first-order valence-corrected chi connectivity index (χ1v) is 14.0. The van der Waals surface area contributed by atoms with Crippen molar-refractivity contribution in [3.05, 3.63) is 119 Å². The molecule has 0 aliphatic heterocycles. The second kappa shape index (κ2) is 14.6. The normalized spacial score (nSPS) is 11.3. The van der Waals surface area contributed by atoms with E-state index in [1.807, 2.05) is 30.3 Å². The maximum absolute atomic E-state index is 13.6. The van der Waals surface area contributed by atoms with E-state index in [0.29, 0.717) is 22.4 Å². The van der Waals surface area contributed by atoms with E-state index in [1.54, 1.807) is 38.1 Å². The molecule has 0 radical (unpaired) electrons. The van der Waals surface area contributed by atoms with Crippen molar-refractivity contribution in [3.63, 3.8) is 0 Å². The van der Waals surface area contributed by atoms with Crippen molar-refractivity contribution < 1.29 is 28.7 Å². The van der Waals surface area contributed by atoms with E-state index in [-0.39, 0.29) is 35.1 Å². The third-order valence-electron chi connectivity index (χ3n) is 6.93. The predicted molar refractivity (Wildman–Crippen MR) is 169 cm³/mol. The summed E-state index contributed by atoms with van der Waals surface area (Å²) in [4.78, 5) is 56.7. The fourth-order valence-corrected chi connectivity index (χ4v) is 4.48. The minimum absolute atomic E-state index is 0.0191. The molecule has 3 aromatic carbocycles. The Morgan fingerprint density at radius 1 is 0.867 bits per heavy atom. The Balaban J connectivity index is 1.71. The van der Waals surface area contributed by atoms with Gasteiger partial charge < -0.3 is 25.8 Å². The molecular formula is C34H33N5O6. The molecule has 230 valence electrons. The van der Waals surface area contributed by atoms with Gasteiger partial charge in [-0.05, 0) is 59.5 Å². The van der Waals surface area contributed by atoms with Gasteiger partial charge in [-0.3, -0.25) is 20.0 Å². The lowest BCUT2D eigenvalue weighted by atomic mass is 9.94. The lowest BCUT2D eigenvalue weighted by Gasteiger charge is -2.20. The Morgan fingerprint density at radius 2 is 1.56 bits per heavy atom. The standard InChI is InChI=1S/C34H33N5O6/c1-20(2)29(34(43)44-3)39-31(40)23-11-14-25(27(17-23)33(42)45-19-21-7-5-4-6-8-21)28-18-37-16-15-26(28)32(41)38-24-12-9-22(10-13-24)30(35)36/h4-18,20,29H,19H2,1-3H3,(H3,35,36)(H,38,41)(H,39,40)/t29-/m0/s1. The highest BCUT2D eigenvalue weighted by Gasteiger charge is 2.27. The van der Waals surface area contributed by atoms with Gasteiger partial charge in [0.25, 0.3) is 11.8 Å². The summed E-state index contributed by atoms with van der Waals surface area (Å²) >= 11 is 0. The zero-order chi connectivity index (χ0) is 32.5. The second-order valence-electron chi connectivity index (χ2n) is 10.4. The van der Waals surface area contributed by atoms with Crippen LogP contribution in [0.2, 0.25) is 0 Å². The number of benzene rings is 3. The molecule has 5 N–H and O–H groups in total. The summed E-state index contributed by atoms with van der Waals surface area (Å²) in [7, 11) is 1.24. The fraction of sp³-hybridized carbons (Fsp3) is 0.176. The van der Waals surface area contributed by atoms with Crippen LogP contribution in [0.15, 0.2) is 91.3 Å². The second-order valence-corrected chi connectivity index (χ2v) is 10.4. The highest BCUT2D eigenvalue weighted by Crippen LogP contribution is 2.29. The molecular weight excluding hydrogens is 574 g/mol. The Morgan fingerprint density at radius 3 is 2.20 bits per heavy atom. The number of carbonyl (C=O) groups is 4. The number of pyridine rings is 1. The molecule has 11 nitrogen and oxygen atoms in total. The topological polar surface area (TPSA) is 174 Å². The third-order valence-corrected chi connectivity index (χ3v) is 6.93. The Bertz CT molecular complexity index is 1720. The van der Waals surface area contributed by atoms with Gasteiger partial charge in [0.05, 0.1) is 18.2 Å². The van der Waals surface area contributed by atoms with Crippen LogP contribution in [0.3, 0.4) is 0 Å². The molecule has 0 saturated heterocycles. The molecule has 0 aliphatic rings. The van der Waals surface area contributed by atoms with Crippen molar-refractivity contribution in [2.75, 3.05) is 12.4 Å². The highest BCUT2D eigenvalue weighted by molar-refractivity contribution is 6.11. The zero-order valence-electron chi connectivity index (χ0n) is 25.0. The number of methoxy groups -OCH3 is 1. The summed E-state index contributed by atoms with van der Waals surface area (Å²) in [6, 6.07) is 20.6. The van der Waals surface area contributed by atoms with Gasteiger partial charge in [0, 0.05) is 34.8 Å². The molecule has 0 bridgehead atoms. The maximum Gasteiger partial charge on any atom is 0.339 e. The number of carbonyl (C=O) groups excluding carboxylic acids is 4. The monoisotopic (exact) mass is 607 g/mol. The van der Waals surface area contributed by atoms with Crippen molar-refractivity contribution in [1.82, 2.24) is 10.3 Å². The number of anilines is 1. The summed E-state index contributed by atoms with van der Waals surface area (Å²) in [6.45, 7) is 3.51. The molecule has 1 aromatic heterocycles. The molecule has 2 amide bonds. The van der Waals surface area contributed by atoms with Crippen LogP contribution in [-0.4, -0.2) is 47.7 Å². The smallest absolute Gasteiger partial charge is 0.339 e. The zero-order valence-corrected chi connectivity index (χ0v) is 25.0. The molecule has 0 aliphatic carbocycles. The molecule has 0 fully saturated rings. The number of nitrogens with one attached hydrogen (secondary N) is 3. The molecule has 0 spiro atoms. The van der Waals surface area contributed by atoms with Gasteiger partial charge in [-0.15, -0.1) is 0 Å². The van der Waals surface area contributed by atoms with Crippen molar-refractivity contribution >= 4 is 35.3 Å². The minimum Gasteiger partial charge on any atom is -0.467 e. The van der Waals surface area contributed by atoms with E-state index < -0.39 is 29.8 Å². The fourth-order valence-electron chi connectivity index (χ4n) is 4.48. The first-order chi connectivity index (χ1) is 21.6. The van der Waals surface area contributed by atoms with Crippen LogP contribution in [-0.2, 0) is 20.9 Å². The number of amides is 2. The predicted octanol–water partition coefficient (Wildman–Crippen LogP) is 4.57. The molecule has 0 unspecified atom stereocenters. The van der Waals surface area contributed by atoms with Gasteiger partial charge in [0.2, 0.25) is 0 Å². The van der Waals surface area contributed by atoms with Crippen LogP contribution >= 0.6 is 0 Å². The van der Waals surface area contributed by atoms with Crippen molar-refractivity contribution in [1.29, 1.82) is 5.41 Å². The summed E-state index contributed by atoms with van der Waals surface area (Å²) in [5.74, 6) is -2.76. The van der Waals surface area contributed by atoms with Gasteiger partial charge >= 0.3 is 11.9 Å². The first kappa shape index (κ1) is 32.1. The number of rotatable bonds is 11. The maximum atomic E-state index is 13.6. The average molecular weight is 608 g/mol. The summed E-state index contributed by atoms with van der Waals surface area (Å²) in [5.41, 5.74) is 8.21. The number of ether oxygens (including phenoxy) is 2. The number of aromatic nitrogens is 1. The molecule has 11 heteroatoms. The van der Waals surface area contributed by atoms with E-state index >= 15 is 0 Å². The molecule has 45 heavy (non-hydrogen) atoms. The lowest BCUT2D eigenvalue weighted by molar-refractivity contribution is -0.144. The van der Waals surface area contributed by atoms with Gasteiger partial charge in [-0.2, -0.15) is 0 Å². The van der Waals surface area contributed by atoms with E-state index in [2.05, 4.69) is 15.6 Å². The summed E-state index contributed by atoms with van der Waals surface area (Å²) < 4.78 is 10.4. The van der Waals surface area contributed by atoms with Crippen LogP contribution in [0.25, 0.3) is 11.1 Å². The number of hydrogen-bond donors (Lipinski definition) is 4. The number of esters is 2. The molecule has 1 heterocycles. The molecule has 1 atom stereocenters. The van der Waals surface area contributed by atoms with Gasteiger partial charge in [-0.1, -0.05) is 50.2 Å². The van der Waals surface area contributed by atoms with E-state index in [9.17, 15) is 19.2 Å². The molecule has 4 rings (SSSR count). The highest BCUT2D eigenvalue weighted by atomic mass is 16.5. The van der Waals surface area contributed by atoms with Crippen LogP contribution in [0.4, 0.5) is 5.69 Å². The van der Waals surface area contributed by atoms with Crippen LogP contribution in [0.5, 0.6) is 0 Å². The summed E-state index contributed by atoms with van der Waals surface area (Å²) in [5, 5.41) is 13.0. The van der Waals surface area contributed by atoms with E-state index in [4.69, 9.17) is 20.6 Å². The van der Waals surface area contributed by atoms with Crippen LogP contribution < -0.4 is 16.4 Å². The molecule has 4 aromatic rings. The number of nitrogens with zero attached hydrogens (tertiary/aromatic N) is 1. The van der Waals surface area contributed by atoms with Crippen molar-refractivity contribution in [2.45, 2.75) is 26.5 Å². The minimum atomic E-state index is -0.909. The van der Waals surface area contributed by atoms with Crippen LogP contribution in [0.1, 0.15) is 56.0 Å². The number of nitrogen functional groups attached to an aromatic ring is 1. The number of nitrogens with two attached hydrogens (primary N) is 1. The van der Waals surface area contributed by atoms with E-state index in [1.165, 1.54) is 43.8 Å². The van der Waals surface area contributed by atoms with Crippen molar-refractivity contribution in [2.24, 2.45) is 11.7 Å². The molecule has 0 saturated carbocycles. The Labute approximate surface area is 260 Å². The third kappa shape index (κ3) is 7.96. The SMILES string of the molecule is COC(=O)[C@@H](NC(=O)c1ccc(-c2cnccc2C(=O)Nc2ccc(C(=N)N)cc2)c(C(=O)OCc2ccccc2)c1)C(C)C. The number of amidine groups is 1. The first-order valence-electron chi connectivity index (χ1n) is 14.0. The van der Waals surface area contributed by atoms with Crippen LogP contribution in [0, 0.1) is 11.3 Å². The lowest BCUT2D eigenvalue weighted by Crippen LogP contribution is -2.45. The summed E-state index contributed by atoms with van der Waals surface area (Å²) in [6.07, 6.45) is 2.90. The van der Waals surface area contributed by atoms with Gasteiger partial charge in [-0.25, -0.2) is 9.59 Å². The number of hydrogen-bond acceptors (Lipinski definition) is 8. The van der Waals surface area contributed by atoms with Gasteiger partial charge in [0.15, 0.2) is 0 Å². The van der Waals surface area contributed by atoms with Gasteiger partial charge in [0.1, 0.15) is 18.5 Å². The quantitative estimate of drug-likeness (QED) is 0.109. The Hall–Kier alpha value is -5.84. The largest absolute Gasteiger partial charge is 0.467 e. The van der Waals surface area contributed by atoms with E-state index in [0.717, 1.165) is 5.56 Å². The average Bonchev–Trinajstić information content (AvgIpc) is 3.05. The van der Waals surface area contributed by atoms with Crippen molar-refractivity contribution in [3.8, 4) is 11.1 Å². The Kier molecular flexibility index (Phi) is 10.4.